The molecule has 0 aliphatic carbocycles. The first-order chi connectivity index (χ1) is 24.7. The van der Waals surface area contributed by atoms with Crippen LogP contribution < -0.4 is 4.90 Å². The van der Waals surface area contributed by atoms with Gasteiger partial charge in [-0.1, -0.05) is 137 Å². The summed E-state index contributed by atoms with van der Waals surface area (Å²) in [6, 6.07) is 24.3. The number of hydrogen-bond donors (Lipinski definition) is 0. The van der Waals surface area contributed by atoms with Gasteiger partial charge in [0, 0.05) is 29.9 Å². The van der Waals surface area contributed by atoms with Gasteiger partial charge in [0.1, 0.15) is 0 Å². The predicted molar refractivity (Wildman–Crippen MR) is 227 cm³/mol. The molecular formula is C47H59N3O. The minimum atomic E-state index is 0.699. The van der Waals surface area contributed by atoms with Crippen LogP contribution in [0.15, 0.2) is 157 Å². The van der Waals surface area contributed by atoms with E-state index in [-0.39, 0.29) is 0 Å². The summed E-state index contributed by atoms with van der Waals surface area (Å²) in [4.78, 5) is 2.08. The first kappa shape index (κ1) is 47.3. The number of rotatable bonds is 11. The van der Waals surface area contributed by atoms with Crippen molar-refractivity contribution in [3.8, 4) is 12.1 Å². The quantitative estimate of drug-likeness (QED) is 0.149. The lowest BCUT2D eigenvalue weighted by Crippen LogP contribution is -2.13. The SMILES string of the molecule is C=C(C=C/C(C)=C/c1cc(C#N)c2ccccc2c1/C=C\C)/C=C\C.C=C/C(=C\C=C(/C)OC)N(/C=C/C)c1ccccc1.CC.CC.CC#N. The lowest BCUT2D eigenvalue weighted by atomic mass is 9.93. The van der Waals surface area contributed by atoms with Crippen molar-refractivity contribution in [1.29, 1.82) is 10.5 Å². The lowest BCUT2D eigenvalue weighted by molar-refractivity contribution is 0.294. The standard InChI is InChI=1S/C24H23N.C17H21NO.C2H3N.2C2H6/c1-5-9-18(3)13-14-19(4)15-20-16-21(17-25)23-11-7-8-12-24(23)22(20)10-6-2;1-5-14-18(17-10-8-7-9-11-17)16(6-2)13-12-15(3)19-4;1-2-3;2*1-2/h5-16H,3H2,1-2,4H3;5-14H,2H2,1,3-4H3;1H3;2*1-2H3/b9-5-,10-6-,14-13?,19-15+;14-5+,15-12+,16-13+;;;. The Kier molecular flexibility index (Phi) is 28.0. The van der Waals surface area contributed by atoms with Crippen LogP contribution in [0.2, 0.25) is 0 Å². The van der Waals surface area contributed by atoms with Crippen LogP contribution in [0.5, 0.6) is 0 Å². The number of methoxy groups -OCH3 is 1. The molecule has 3 aromatic carbocycles. The van der Waals surface area contributed by atoms with E-state index in [1.807, 2.05) is 159 Å². The minimum absolute atomic E-state index is 0.699. The topological polar surface area (TPSA) is 60.0 Å². The van der Waals surface area contributed by atoms with E-state index in [1.54, 1.807) is 13.2 Å². The molecule has 0 saturated carbocycles. The van der Waals surface area contributed by atoms with E-state index in [0.29, 0.717) is 5.56 Å². The number of hydrogen-bond acceptors (Lipinski definition) is 4. The maximum absolute atomic E-state index is 9.53. The summed E-state index contributed by atoms with van der Waals surface area (Å²) in [5.41, 5.74) is 7.03. The molecule has 0 aromatic heterocycles. The third kappa shape index (κ3) is 17.9. The Bertz CT molecular complexity index is 1770. The minimum Gasteiger partial charge on any atom is -0.501 e. The highest BCUT2D eigenvalue weighted by Crippen LogP contribution is 2.29. The van der Waals surface area contributed by atoms with Crippen molar-refractivity contribution in [2.75, 3.05) is 12.0 Å². The molecule has 0 fully saturated rings. The highest BCUT2D eigenvalue weighted by molar-refractivity contribution is 5.97. The van der Waals surface area contributed by atoms with Gasteiger partial charge in [-0.2, -0.15) is 10.5 Å². The van der Waals surface area contributed by atoms with Gasteiger partial charge >= 0.3 is 0 Å². The molecule has 268 valence electrons. The third-order valence-electron chi connectivity index (χ3n) is 6.53. The van der Waals surface area contributed by atoms with Crippen LogP contribution in [-0.4, -0.2) is 7.11 Å². The fourth-order valence-corrected chi connectivity index (χ4v) is 4.36. The Hall–Kier alpha value is -5.84. The number of anilines is 1. The maximum atomic E-state index is 9.53. The van der Waals surface area contributed by atoms with Gasteiger partial charge in [-0.25, -0.2) is 0 Å². The Morgan fingerprint density at radius 2 is 1.39 bits per heavy atom. The summed E-state index contributed by atoms with van der Waals surface area (Å²) < 4.78 is 5.14. The van der Waals surface area contributed by atoms with Gasteiger partial charge < -0.3 is 9.64 Å². The van der Waals surface area contributed by atoms with Crippen LogP contribution in [-0.2, 0) is 4.74 Å². The molecule has 3 rings (SSSR count). The number of benzene rings is 3. The molecule has 3 aromatic rings. The molecule has 0 saturated heterocycles. The highest BCUT2D eigenvalue weighted by Gasteiger charge is 2.09. The van der Waals surface area contributed by atoms with Gasteiger partial charge in [0.15, 0.2) is 0 Å². The van der Waals surface area contributed by atoms with Crippen LogP contribution in [0.3, 0.4) is 0 Å². The smallest absolute Gasteiger partial charge is 0.0998 e. The Morgan fingerprint density at radius 3 is 1.90 bits per heavy atom. The molecule has 4 nitrogen and oxygen atoms in total. The molecule has 0 N–H and O–H groups in total. The fourth-order valence-electron chi connectivity index (χ4n) is 4.36. The number of nitriles is 2. The van der Waals surface area contributed by atoms with Crippen LogP contribution in [0.25, 0.3) is 22.9 Å². The molecule has 0 unspecified atom stereocenters. The first-order valence-corrected chi connectivity index (χ1v) is 17.3. The van der Waals surface area contributed by atoms with Gasteiger partial charge in [0.2, 0.25) is 0 Å². The molecule has 51 heavy (non-hydrogen) atoms. The summed E-state index contributed by atoms with van der Waals surface area (Å²) >= 11 is 0. The third-order valence-corrected chi connectivity index (χ3v) is 6.53. The van der Waals surface area contributed by atoms with Crippen molar-refractivity contribution in [2.45, 2.75) is 69.2 Å². The second-order valence-corrected chi connectivity index (χ2v) is 10.1. The zero-order valence-electron chi connectivity index (χ0n) is 32.9. The number of fused-ring (bicyclic) bond motifs is 1. The molecule has 4 heteroatoms. The summed E-state index contributed by atoms with van der Waals surface area (Å²) in [5.74, 6) is 0.854. The van der Waals surface area contributed by atoms with Crippen LogP contribution >= 0.6 is 0 Å². The van der Waals surface area contributed by atoms with Crippen LogP contribution in [0.1, 0.15) is 85.9 Å². The van der Waals surface area contributed by atoms with E-state index in [2.05, 4.69) is 61.4 Å². The Labute approximate surface area is 310 Å². The average molecular weight is 682 g/mol. The summed E-state index contributed by atoms with van der Waals surface area (Å²) in [6.07, 6.45) is 24.0. The highest BCUT2D eigenvalue weighted by atomic mass is 16.5. The Morgan fingerprint density at radius 1 is 0.804 bits per heavy atom. The van der Waals surface area contributed by atoms with Gasteiger partial charge in [-0.3, -0.25) is 0 Å². The van der Waals surface area contributed by atoms with Gasteiger partial charge in [0.25, 0.3) is 0 Å². The van der Waals surface area contributed by atoms with Crippen molar-refractivity contribution in [3.05, 3.63) is 174 Å². The molecule has 0 radical (unpaired) electrons. The van der Waals surface area contributed by atoms with E-state index >= 15 is 0 Å². The van der Waals surface area contributed by atoms with E-state index in [0.717, 1.165) is 50.2 Å². The molecule has 0 aliphatic rings. The van der Waals surface area contributed by atoms with Crippen molar-refractivity contribution in [1.82, 2.24) is 0 Å². The maximum Gasteiger partial charge on any atom is 0.0998 e. The van der Waals surface area contributed by atoms with E-state index in [1.165, 1.54) is 6.92 Å². The van der Waals surface area contributed by atoms with Gasteiger partial charge in [0.05, 0.1) is 30.6 Å². The number of allylic oxidation sites excluding steroid dienone is 12. The lowest BCUT2D eigenvalue weighted by Gasteiger charge is -2.21. The van der Waals surface area contributed by atoms with Crippen LogP contribution in [0.4, 0.5) is 5.69 Å². The monoisotopic (exact) mass is 681 g/mol. The van der Waals surface area contributed by atoms with E-state index < -0.39 is 0 Å². The predicted octanol–water partition coefficient (Wildman–Crippen LogP) is 14.1. The largest absolute Gasteiger partial charge is 0.501 e. The van der Waals surface area contributed by atoms with Gasteiger partial charge in [-0.15, -0.1) is 0 Å². The molecular weight excluding hydrogens is 623 g/mol. The van der Waals surface area contributed by atoms with Crippen molar-refractivity contribution >= 4 is 28.6 Å². The average Bonchev–Trinajstić information content (AvgIpc) is 3.17. The Balaban J connectivity index is 0. The summed E-state index contributed by atoms with van der Waals surface area (Å²) in [5, 5.41) is 18.9. The normalized spacial score (nSPS) is 11.2. The fraction of sp³-hybridized carbons (Fsp3) is 0.234. The van der Waals surface area contributed by atoms with Crippen molar-refractivity contribution in [2.24, 2.45) is 0 Å². The molecule has 0 spiro atoms. The second kappa shape index (κ2) is 30.2. The molecule has 0 atom stereocenters. The number of ether oxygens (including phenoxy) is 1. The second-order valence-electron chi connectivity index (χ2n) is 10.1. The van der Waals surface area contributed by atoms with E-state index in [9.17, 15) is 5.26 Å². The molecule has 0 amide bonds. The molecule has 0 aliphatic heterocycles. The van der Waals surface area contributed by atoms with Crippen molar-refractivity contribution in [3.63, 3.8) is 0 Å². The molecule has 0 heterocycles. The summed E-state index contributed by atoms with van der Waals surface area (Å²) in [6.45, 7) is 27.2. The first-order valence-electron chi connectivity index (χ1n) is 17.3. The van der Waals surface area contributed by atoms with E-state index in [4.69, 9.17) is 10.00 Å². The zero-order valence-corrected chi connectivity index (χ0v) is 32.9. The number of para-hydroxylation sites is 1. The summed E-state index contributed by atoms with van der Waals surface area (Å²) in [7, 11) is 1.66. The molecule has 0 bridgehead atoms. The zero-order chi connectivity index (χ0) is 39.0. The van der Waals surface area contributed by atoms with Gasteiger partial charge in [-0.05, 0) is 93.1 Å². The number of nitrogens with zero attached hydrogens (tertiary/aromatic N) is 3. The van der Waals surface area contributed by atoms with Crippen LogP contribution in [0, 0.1) is 22.7 Å². The van der Waals surface area contributed by atoms with Crippen molar-refractivity contribution < 1.29 is 4.74 Å².